The minimum atomic E-state index is 0.146. The van der Waals surface area contributed by atoms with Gasteiger partial charge in [0, 0.05) is 10.4 Å². The van der Waals surface area contributed by atoms with Gasteiger partial charge in [0.05, 0.1) is 4.88 Å². The molecule has 23 heavy (non-hydrogen) atoms. The summed E-state index contributed by atoms with van der Waals surface area (Å²) in [6, 6.07) is 2.21. The third-order valence-electron chi connectivity index (χ3n) is 6.89. The third kappa shape index (κ3) is 2.56. The number of carbonyl (C=O) groups is 1. The van der Waals surface area contributed by atoms with Crippen LogP contribution in [0.2, 0.25) is 0 Å². The number of hydrogen-bond acceptors (Lipinski definition) is 2. The number of rotatable bonds is 2. The summed E-state index contributed by atoms with van der Waals surface area (Å²) >= 11 is 1.77. The second kappa shape index (κ2) is 5.34. The van der Waals surface area contributed by atoms with Gasteiger partial charge in [-0.1, -0.05) is 6.42 Å². The van der Waals surface area contributed by atoms with E-state index in [9.17, 15) is 4.79 Å². The molecule has 1 aromatic heterocycles. The Hall–Kier alpha value is -0.830. The minimum absolute atomic E-state index is 0.146. The largest absolute Gasteiger partial charge is 0.346 e. The van der Waals surface area contributed by atoms with Gasteiger partial charge in [0.2, 0.25) is 0 Å². The Balaban J connectivity index is 1.35. The first-order valence-electron chi connectivity index (χ1n) is 9.63. The van der Waals surface area contributed by atoms with Gasteiger partial charge in [-0.05, 0) is 93.6 Å². The second-order valence-corrected chi connectivity index (χ2v) is 9.91. The van der Waals surface area contributed by atoms with Gasteiger partial charge in [0.25, 0.3) is 5.91 Å². The van der Waals surface area contributed by atoms with Gasteiger partial charge in [-0.15, -0.1) is 11.3 Å². The van der Waals surface area contributed by atoms with Crippen molar-refractivity contribution in [2.45, 2.75) is 76.2 Å². The van der Waals surface area contributed by atoms with E-state index in [0.717, 1.165) is 22.6 Å². The van der Waals surface area contributed by atoms with Crippen LogP contribution < -0.4 is 5.32 Å². The van der Waals surface area contributed by atoms with Crippen LogP contribution in [0, 0.1) is 17.8 Å². The maximum Gasteiger partial charge on any atom is 0.261 e. The molecule has 1 heterocycles. The molecular weight excluding hydrogens is 302 g/mol. The number of carbonyl (C=O) groups excluding carboxylic acids is 1. The average molecular weight is 330 g/mol. The molecule has 5 aliphatic carbocycles. The van der Waals surface area contributed by atoms with Crippen LogP contribution in [0.15, 0.2) is 6.07 Å². The maximum absolute atomic E-state index is 12.9. The number of hydrogen-bond donors (Lipinski definition) is 1. The molecule has 1 aromatic rings. The summed E-state index contributed by atoms with van der Waals surface area (Å²) in [5.74, 6) is 2.90. The molecule has 124 valence electrons. The van der Waals surface area contributed by atoms with E-state index in [1.807, 2.05) is 0 Å². The van der Waals surface area contributed by atoms with Crippen molar-refractivity contribution in [3.05, 3.63) is 21.4 Å². The zero-order valence-electron chi connectivity index (χ0n) is 13.9. The number of fused-ring (bicyclic) bond motifs is 1. The summed E-state index contributed by atoms with van der Waals surface area (Å²) in [4.78, 5) is 15.4. The lowest BCUT2D eigenvalue weighted by atomic mass is 9.53. The Kier molecular flexibility index (Phi) is 3.37. The number of nitrogens with one attached hydrogen (secondary N) is 1. The van der Waals surface area contributed by atoms with Crippen LogP contribution in [0.1, 0.15) is 77.9 Å². The molecule has 4 fully saturated rings. The minimum Gasteiger partial charge on any atom is -0.346 e. The highest BCUT2D eigenvalue weighted by Crippen LogP contribution is 2.55. The zero-order valence-corrected chi connectivity index (χ0v) is 14.7. The summed E-state index contributed by atoms with van der Waals surface area (Å²) in [6.45, 7) is 0. The van der Waals surface area contributed by atoms with Crippen molar-refractivity contribution >= 4 is 17.2 Å². The van der Waals surface area contributed by atoms with Gasteiger partial charge in [-0.25, -0.2) is 0 Å². The van der Waals surface area contributed by atoms with Gasteiger partial charge in [0.15, 0.2) is 0 Å². The Morgan fingerprint density at radius 2 is 1.65 bits per heavy atom. The van der Waals surface area contributed by atoms with E-state index in [1.165, 1.54) is 81.1 Å². The van der Waals surface area contributed by atoms with Gasteiger partial charge in [0.1, 0.15) is 0 Å². The first kappa shape index (κ1) is 14.5. The van der Waals surface area contributed by atoms with E-state index in [2.05, 4.69) is 11.4 Å². The van der Waals surface area contributed by atoms with Crippen molar-refractivity contribution in [3.8, 4) is 0 Å². The summed E-state index contributed by atoms with van der Waals surface area (Å²) in [5, 5.41) is 3.54. The quantitative estimate of drug-likeness (QED) is 0.782. The molecule has 3 heteroatoms. The molecule has 5 aliphatic rings. The molecule has 0 aromatic carbocycles. The standard InChI is InChI=1S/C20H27NOS/c22-19(18-9-16-4-2-1-3-5-17(16)23-18)21-20-10-13-6-14(11-20)8-15(7-13)12-20/h9,13-15H,1-8,10-12H2,(H,21,22). The van der Waals surface area contributed by atoms with Gasteiger partial charge in [-0.3, -0.25) is 4.79 Å². The van der Waals surface area contributed by atoms with Crippen LogP contribution in [0.3, 0.4) is 0 Å². The summed E-state index contributed by atoms with van der Waals surface area (Å²) < 4.78 is 0. The Morgan fingerprint density at radius 3 is 2.35 bits per heavy atom. The fourth-order valence-corrected chi connectivity index (χ4v) is 7.49. The van der Waals surface area contributed by atoms with Crippen molar-refractivity contribution < 1.29 is 4.79 Å². The van der Waals surface area contributed by atoms with E-state index < -0.39 is 0 Å². The predicted molar refractivity (Wildman–Crippen MR) is 93.9 cm³/mol. The molecule has 4 bridgehead atoms. The molecule has 0 radical (unpaired) electrons. The number of aryl methyl sites for hydroxylation is 2. The van der Waals surface area contributed by atoms with E-state index in [0.29, 0.717) is 0 Å². The number of thiophene rings is 1. The first-order valence-corrected chi connectivity index (χ1v) is 10.4. The van der Waals surface area contributed by atoms with E-state index in [1.54, 1.807) is 11.3 Å². The van der Waals surface area contributed by atoms with E-state index in [-0.39, 0.29) is 11.4 Å². The second-order valence-electron chi connectivity index (χ2n) is 8.77. The highest BCUT2D eigenvalue weighted by molar-refractivity contribution is 7.14. The van der Waals surface area contributed by atoms with Crippen molar-refractivity contribution in [1.29, 1.82) is 0 Å². The van der Waals surface area contributed by atoms with E-state index >= 15 is 0 Å². The first-order chi connectivity index (χ1) is 11.2. The molecule has 0 atom stereocenters. The highest BCUT2D eigenvalue weighted by Gasteiger charge is 2.51. The summed E-state index contributed by atoms with van der Waals surface area (Å²) in [7, 11) is 0. The van der Waals surface area contributed by atoms with Crippen molar-refractivity contribution in [1.82, 2.24) is 5.32 Å². The van der Waals surface area contributed by atoms with Crippen molar-refractivity contribution in [3.63, 3.8) is 0 Å². The van der Waals surface area contributed by atoms with Crippen LogP contribution >= 0.6 is 11.3 Å². The van der Waals surface area contributed by atoms with Gasteiger partial charge in [-0.2, -0.15) is 0 Å². The lowest BCUT2D eigenvalue weighted by Crippen LogP contribution is -2.59. The monoisotopic (exact) mass is 329 g/mol. The molecule has 0 aliphatic heterocycles. The lowest BCUT2D eigenvalue weighted by molar-refractivity contribution is -0.0166. The summed E-state index contributed by atoms with van der Waals surface area (Å²) in [6.07, 6.45) is 14.3. The fourth-order valence-electron chi connectivity index (χ4n) is 6.35. The molecule has 1 amide bonds. The van der Waals surface area contributed by atoms with E-state index in [4.69, 9.17) is 0 Å². The van der Waals surface area contributed by atoms with Gasteiger partial charge >= 0.3 is 0 Å². The summed E-state index contributed by atoms with van der Waals surface area (Å²) in [5.41, 5.74) is 1.61. The highest BCUT2D eigenvalue weighted by atomic mass is 32.1. The van der Waals surface area contributed by atoms with Gasteiger partial charge < -0.3 is 5.32 Å². The van der Waals surface area contributed by atoms with Crippen LogP contribution in [0.5, 0.6) is 0 Å². The predicted octanol–water partition coefficient (Wildman–Crippen LogP) is 4.72. The fraction of sp³-hybridized carbons (Fsp3) is 0.750. The maximum atomic E-state index is 12.9. The van der Waals surface area contributed by atoms with Crippen molar-refractivity contribution in [2.75, 3.05) is 0 Å². The Bertz CT molecular complexity index is 573. The smallest absolute Gasteiger partial charge is 0.261 e. The Morgan fingerprint density at radius 1 is 1.00 bits per heavy atom. The lowest BCUT2D eigenvalue weighted by Gasteiger charge is -2.56. The zero-order chi connectivity index (χ0) is 15.4. The molecule has 0 unspecified atom stereocenters. The molecule has 1 N–H and O–H groups in total. The third-order valence-corrected chi connectivity index (χ3v) is 8.12. The van der Waals surface area contributed by atoms with Crippen LogP contribution in [-0.4, -0.2) is 11.4 Å². The molecule has 6 rings (SSSR count). The number of amides is 1. The normalized spacial score (nSPS) is 38.2. The Labute approximate surface area is 143 Å². The molecule has 2 nitrogen and oxygen atoms in total. The molecule has 0 spiro atoms. The van der Waals surface area contributed by atoms with Crippen LogP contribution in [-0.2, 0) is 12.8 Å². The average Bonchev–Trinajstić information content (AvgIpc) is 2.77. The SMILES string of the molecule is O=C(NC12CC3CC(CC(C3)C1)C2)c1cc2c(s1)CCCCC2. The van der Waals surface area contributed by atoms with Crippen molar-refractivity contribution in [2.24, 2.45) is 17.8 Å². The van der Waals surface area contributed by atoms with Crippen LogP contribution in [0.4, 0.5) is 0 Å². The molecule has 0 saturated heterocycles. The molecule has 4 saturated carbocycles. The molecular formula is C20H27NOS. The topological polar surface area (TPSA) is 29.1 Å². The van der Waals surface area contributed by atoms with Crippen LogP contribution in [0.25, 0.3) is 0 Å².